The molecule has 1 aromatic heterocycles. The molecular formula is C19H25N3O2. The summed E-state index contributed by atoms with van der Waals surface area (Å²) < 4.78 is 1.59. The van der Waals surface area contributed by atoms with E-state index in [-0.39, 0.29) is 17.6 Å². The van der Waals surface area contributed by atoms with Crippen molar-refractivity contribution in [3.05, 3.63) is 45.2 Å². The lowest BCUT2D eigenvalue weighted by Crippen LogP contribution is -2.39. The van der Waals surface area contributed by atoms with Crippen LogP contribution in [0.25, 0.3) is 11.3 Å². The highest BCUT2D eigenvalue weighted by Crippen LogP contribution is 2.41. The second-order valence-electron chi connectivity index (χ2n) is 7.37. The SMILES string of the molecule is Cc1ccc2c(c1)CC(C)(C)c1c-2nc(N(C)CCO)n(C)c1=O. The Morgan fingerprint density at radius 3 is 2.75 bits per heavy atom. The number of rotatable bonds is 3. The molecule has 0 saturated heterocycles. The third-order valence-electron chi connectivity index (χ3n) is 4.87. The molecule has 0 atom stereocenters. The molecule has 0 saturated carbocycles. The lowest BCUT2D eigenvalue weighted by molar-refractivity contribution is 0.303. The Bertz CT molecular complexity index is 852. The zero-order valence-corrected chi connectivity index (χ0v) is 15.1. The highest BCUT2D eigenvalue weighted by Gasteiger charge is 2.36. The second-order valence-corrected chi connectivity index (χ2v) is 7.37. The van der Waals surface area contributed by atoms with Gasteiger partial charge in [0.1, 0.15) is 0 Å². The molecule has 0 fully saturated rings. The summed E-state index contributed by atoms with van der Waals surface area (Å²) in [6, 6.07) is 6.33. The third-order valence-corrected chi connectivity index (χ3v) is 4.87. The number of hydrogen-bond donors (Lipinski definition) is 1. The van der Waals surface area contributed by atoms with Crippen LogP contribution in [0.3, 0.4) is 0 Å². The van der Waals surface area contributed by atoms with E-state index in [0.29, 0.717) is 12.5 Å². The Balaban J connectivity index is 2.32. The number of likely N-dealkylation sites (N-methyl/N-ethyl adjacent to an activating group) is 1. The summed E-state index contributed by atoms with van der Waals surface area (Å²) in [7, 11) is 3.59. The molecule has 2 aromatic rings. The predicted octanol–water partition coefficient (Wildman–Crippen LogP) is 2.02. The molecule has 0 spiro atoms. The van der Waals surface area contributed by atoms with Crippen molar-refractivity contribution in [3.8, 4) is 11.3 Å². The molecule has 1 aliphatic carbocycles. The van der Waals surface area contributed by atoms with Crippen LogP contribution in [0, 0.1) is 6.92 Å². The number of aliphatic hydroxyl groups is 1. The van der Waals surface area contributed by atoms with E-state index in [4.69, 9.17) is 4.98 Å². The van der Waals surface area contributed by atoms with E-state index in [2.05, 4.69) is 39.0 Å². The number of aryl methyl sites for hydroxylation is 1. The molecule has 0 aliphatic heterocycles. The fourth-order valence-corrected chi connectivity index (χ4v) is 3.65. The van der Waals surface area contributed by atoms with Gasteiger partial charge >= 0.3 is 0 Å². The molecule has 0 amide bonds. The van der Waals surface area contributed by atoms with E-state index >= 15 is 0 Å². The molecule has 128 valence electrons. The van der Waals surface area contributed by atoms with Gasteiger partial charge in [-0.15, -0.1) is 0 Å². The average molecular weight is 327 g/mol. The van der Waals surface area contributed by atoms with Gasteiger partial charge in [0, 0.05) is 37.2 Å². The monoisotopic (exact) mass is 327 g/mol. The largest absolute Gasteiger partial charge is 0.395 e. The standard InChI is InChI=1S/C19H25N3O2/c1-12-6-7-14-13(10-12)11-19(2,3)15-16(14)20-18(21(4)8-9-23)22(5)17(15)24/h6-7,10,23H,8-9,11H2,1-5H3. The first-order chi connectivity index (χ1) is 11.3. The molecule has 0 unspecified atom stereocenters. The zero-order valence-electron chi connectivity index (χ0n) is 15.1. The van der Waals surface area contributed by atoms with Gasteiger partial charge in [0.15, 0.2) is 0 Å². The van der Waals surface area contributed by atoms with Crippen LogP contribution in [0.4, 0.5) is 5.95 Å². The van der Waals surface area contributed by atoms with Crippen molar-refractivity contribution < 1.29 is 5.11 Å². The zero-order chi connectivity index (χ0) is 17.6. The van der Waals surface area contributed by atoms with Crippen LogP contribution in [0.2, 0.25) is 0 Å². The van der Waals surface area contributed by atoms with Gasteiger partial charge in [-0.05, 0) is 18.9 Å². The number of aliphatic hydroxyl groups excluding tert-OH is 1. The minimum absolute atomic E-state index is 0.00369. The minimum Gasteiger partial charge on any atom is -0.395 e. The van der Waals surface area contributed by atoms with E-state index < -0.39 is 0 Å². The van der Waals surface area contributed by atoms with Crippen molar-refractivity contribution in [1.82, 2.24) is 9.55 Å². The fraction of sp³-hybridized carbons (Fsp3) is 0.474. The summed E-state index contributed by atoms with van der Waals surface area (Å²) in [6.07, 6.45) is 0.833. The number of aromatic nitrogens is 2. The number of benzene rings is 1. The van der Waals surface area contributed by atoms with Gasteiger partial charge < -0.3 is 10.0 Å². The molecule has 0 radical (unpaired) electrons. The molecule has 24 heavy (non-hydrogen) atoms. The smallest absolute Gasteiger partial charge is 0.259 e. The van der Waals surface area contributed by atoms with Crippen molar-refractivity contribution in [3.63, 3.8) is 0 Å². The highest BCUT2D eigenvalue weighted by molar-refractivity contribution is 5.72. The van der Waals surface area contributed by atoms with Gasteiger partial charge in [-0.3, -0.25) is 9.36 Å². The van der Waals surface area contributed by atoms with E-state index in [1.807, 2.05) is 11.9 Å². The van der Waals surface area contributed by atoms with Crippen molar-refractivity contribution in [2.24, 2.45) is 7.05 Å². The molecule has 0 bridgehead atoms. The summed E-state index contributed by atoms with van der Waals surface area (Å²) in [5.74, 6) is 0.581. The maximum absolute atomic E-state index is 13.1. The van der Waals surface area contributed by atoms with E-state index in [0.717, 1.165) is 23.2 Å². The first kappa shape index (κ1) is 16.7. The molecule has 1 heterocycles. The maximum atomic E-state index is 13.1. The lowest BCUT2D eigenvalue weighted by Gasteiger charge is -2.34. The Labute approximate surface area is 142 Å². The van der Waals surface area contributed by atoms with E-state index in [1.165, 1.54) is 11.1 Å². The predicted molar refractivity (Wildman–Crippen MR) is 96.7 cm³/mol. The summed E-state index contributed by atoms with van der Waals surface area (Å²) >= 11 is 0. The van der Waals surface area contributed by atoms with Crippen LogP contribution < -0.4 is 10.5 Å². The van der Waals surface area contributed by atoms with Crippen molar-refractivity contribution >= 4 is 5.95 Å². The normalized spacial score (nSPS) is 14.9. The molecular weight excluding hydrogens is 302 g/mol. The molecule has 1 aromatic carbocycles. The van der Waals surface area contributed by atoms with Crippen molar-refractivity contribution in [2.45, 2.75) is 32.6 Å². The lowest BCUT2D eigenvalue weighted by atomic mass is 9.72. The number of anilines is 1. The minimum atomic E-state index is -0.258. The van der Waals surface area contributed by atoms with Crippen molar-refractivity contribution in [2.75, 3.05) is 25.1 Å². The van der Waals surface area contributed by atoms with Gasteiger partial charge in [0.25, 0.3) is 5.56 Å². The molecule has 5 heteroatoms. The molecule has 1 aliphatic rings. The number of nitrogens with zero attached hydrogens (tertiary/aromatic N) is 3. The third kappa shape index (κ3) is 2.53. The van der Waals surface area contributed by atoms with Gasteiger partial charge in [0.2, 0.25) is 5.95 Å². The van der Waals surface area contributed by atoms with Crippen LogP contribution in [0.1, 0.15) is 30.5 Å². The first-order valence-corrected chi connectivity index (χ1v) is 8.29. The summed E-state index contributed by atoms with van der Waals surface area (Å²) in [5, 5.41) is 9.21. The summed E-state index contributed by atoms with van der Waals surface area (Å²) in [6.45, 7) is 6.75. The Kier molecular flexibility index (Phi) is 4.00. The van der Waals surface area contributed by atoms with E-state index in [9.17, 15) is 9.90 Å². The Hall–Kier alpha value is -2.14. The Morgan fingerprint density at radius 2 is 2.08 bits per heavy atom. The topological polar surface area (TPSA) is 58.4 Å². The summed E-state index contributed by atoms with van der Waals surface area (Å²) in [5.41, 5.74) is 4.80. The van der Waals surface area contributed by atoms with Gasteiger partial charge in [-0.1, -0.05) is 37.6 Å². The van der Waals surface area contributed by atoms with Crippen LogP contribution in [-0.2, 0) is 18.9 Å². The van der Waals surface area contributed by atoms with Crippen LogP contribution in [-0.4, -0.2) is 34.9 Å². The number of hydrogen-bond acceptors (Lipinski definition) is 4. The van der Waals surface area contributed by atoms with Gasteiger partial charge in [0.05, 0.1) is 12.3 Å². The molecule has 3 rings (SSSR count). The van der Waals surface area contributed by atoms with Crippen molar-refractivity contribution in [1.29, 1.82) is 0 Å². The van der Waals surface area contributed by atoms with Gasteiger partial charge in [-0.2, -0.15) is 0 Å². The highest BCUT2D eigenvalue weighted by atomic mass is 16.3. The average Bonchev–Trinajstić information content (AvgIpc) is 2.49. The number of fused-ring (bicyclic) bond motifs is 3. The first-order valence-electron chi connectivity index (χ1n) is 8.29. The van der Waals surface area contributed by atoms with Gasteiger partial charge in [-0.25, -0.2) is 4.98 Å². The van der Waals surface area contributed by atoms with Crippen LogP contribution in [0.5, 0.6) is 0 Å². The quantitative estimate of drug-likeness (QED) is 0.937. The summed E-state index contributed by atoms with van der Waals surface area (Å²) in [4.78, 5) is 19.7. The van der Waals surface area contributed by atoms with E-state index in [1.54, 1.807) is 11.6 Å². The molecule has 5 nitrogen and oxygen atoms in total. The molecule has 1 N–H and O–H groups in total. The maximum Gasteiger partial charge on any atom is 0.259 e. The van der Waals surface area contributed by atoms with Crippen LogP contribution >= 0.6 is 0 Å². The van der Waals surface area contributed by atoms with Crippen LogP contribution in [0.15, 0.2) is 23.0 Å². The second kappa shape index (κ2) is 5.74. The Morgan fingerprint density at radius 1 is 1.38 bits per heavy atom. The fourth-order valence-electron chi connectivity index (χ4n) is 3.65.